The van der Waals surface area contributed by atoms with Crippen molar-refractivity contribution in [2.75, 3.05) is 0 Å². The highest BCUT2D eigenvalue weighted by atomic mass is 16.4. The maximum Gasteiger partial charge on any atom is 0.335 e. The smallest absolute Gasteiger partial charge is 0.335 e. The van der Waals surface area contributed by atoms with Crippen LogP contribution in [0.5, 0.6) is 0 Å². The summed E-state index contributed by atoms with van der Waals surface area (Å²) in [5.41, 5.74) is 1.04. The number of aromatic nitrogens is 1. The monoisotopic (exact) mass is 197 g/mol. The van der Waals surface area contributed by atoms with Crippen molar-refractivity contribution < 1.29 is 20.1 Å². The summed E-state index contributed by atoms with van der Waals surface area (Å²) in [6, 6.07) is 3.16. The normalized spacial score (nSPS) is 14.8. The number of carboxylic acids is 1. The van der Waals surface area contributed by atoms with E-state index >= 15 is 0 Å². The van der Waals surface area contributed by atoms with Crippen molar-refractivity contribution in [1.82, 2.24) is 4.98 Å². The van der Waals surface area contributed by atoms with Gasteiger partial charge in [-0.1, -0.05) is 6.07 Å². The van der Waals surface area contributed by atoms with Gasteiger partial charge in [0.05, 0.1) is 0 Å². The molecule has 2 unspecified atom stereocenters. The van der Waals surface area contributed by atoms with Crippen LogP contribution in [0.3, 0.4) is 0 Å². The van der Waals surface area contributed by atoms with Crippen LogP contribution < -0.4 is 0 Å². The minimum atomic E-state index is -1.82. The van der Waals surface area contributed by atoms with Gasteiger partial charge in [-0.05, 0) is 13.0 Å². The zero-order valence-electron chi connectivity index (χ0n) is 7.58. The molecular formula is C9H11NO4. The molecule has 0 saturated carbocycles. The second-order valence-electron chi connectivity index (χ2n) is 2.96. The zero-order valence-corrected chi connectivity index (χ0v) is 7.58. The lowest BCUT2D eigenvalue weighted by Gasteiger charge is -2.13. The van der Waals surface area contributed by atoms with Gasteiger partial charge >= 0.3 is 5.97 Å². The Balaban J connectivity index is 2.84. The Bertz CT molecular complexity index is 322. The number of rotatable bonds is 3. The molecule has 0 aromatic carbocycles. The topological polar surface area (TPSA) is 90.7 Å². The Kier molecular flexibility index (Phi) is 3.16. The maximum atomic E-state index is 10.4. The van der Waals surface area contributed by atoms with Crippen LogP contribution in [0, 0.1) is 6.92 Å². The van der Waals surface area contributed by atoms with E-state index in [9.17, 15) is 9.90 Å². The van der Waals surface area contributed by atoms with Gasteiger partial charge in [0.1, 0.15) is 6.10 Å². The second-order valence-corrected chi connectivity index (χ2v) is 2.96. The summed E-state index contributed by atoms with van der Waals surface area (Å²) in [4.78, 5) is 14.2. The van der Waals surface area contributed by atoms with E-state index in [1.165, 1.54) is 12.3 Å². The van der Waals surface area contributed by atoms with E-state index in [0.717, 1.165) is 5.69 Å². The highest BCUT2D eigenvalue weighted by Gasteiger charge is 2.24. The fourth-order valence-corrected chi connectivity index (χ4v) is 0.972. The fourth-order valence-electron chi connectivity index (χ4n) is 0.972. The van der Waals surface area contributed by atoms with Crippen molar-refractivity contribution in [2.24, 2.45) is 0 Å². The molecule has 0 fully saturated rings. The number of pyridine rings is 1. The predicted molar refractivity (Wildman–Crippen MR) is 47.6 cm³/mol. The van der Waals surface area contributed by atoms with E-state index in [-0.39, 0.29) is 5.56 Å². The molecule has 5 nitrogen and oxygen atoms in total. The maximum absolute atomic E-state index is 10.4. The molecule has 0 bridgehead atoms. The van der Waals surface area contributed by atoms with E-state index < -0.39 is 18.2 Å². The fraction of sp³-hybridized carbons (Fsp3) is 0.333. The lowest BCUT2D eigenvalue weighted by atomic mass is 10.1. The predicted octanol–water partition coefficient (Wildman–Crippen LogP) is -0.131. The quantitative estimate of drug-likeness (QED) is 0.627. The second kappa shape index (κ2) is 4.17. The molecule has 1 heterocycles. The Labute approximate surface area is 80.7 Å². The number of nitrogens with zero attached hydrogens (tertiary/aromatic N) is 1. The largest absolute Gasteiger partial charge is 0.479 e. The number of aryl methyl sites for hydroxylation is 1. The number of hydrogen-bond donors (Lipinski definition) is 3. The first kappa shape index (κ1) is 10.6. The van der Waals surface area contributed by atoms with Crippen molar-refractivity contribution in [3.63, 3.8) is 0 Å². The lowest BCUT2D eigenvalue weighted by Crippen LogP contribution is -2.27. The first-order chi connectivity index (χ1) is 6.52. The molecule has 1 aromatic rings. The van der Waals surface area contributed by atoms with Crippen LogP contribution in [0.25, 0.3) is 0 Å². The number of aliphatic hydroxyl groups excluding tert-OH is 2. The average Bonchev–Trinajstić information content (AvgIpc) is 2.16. The van der Waals surface area contributed by atoms with Gasteiger partial charge < -0.3 is 15.3 Å². The minimum absolute atomic E-state index is 0.283. The van der Waals surface area contributed by atoms with E-state index in [1.807, 2.05) is 0 Å². The summed E-state index contributed by atoms with van der Waals surface area (Å²) in [6.07, 6.45) is -1.92. The molecule has 0 aliphatic carbocycles. The summed E-state index contributed by atoms with van der Waals surface area (Å²) >= 11 is 0. The molecule has 0 aliphatic rings. The van der Waals surface area contributed by atoms with Crippen molar-refractivity contribution in [2.45, 2.75) is 19.1 Å². The van der Waals surface area contributed by atoms with Crippen LogP contribution in [-0.2, 0) is 4.79 Å². The van der Waals surface area contributed by atoms with Crippen molar-refractivity contribution in [3.05, 3.63) is 29.6 Å². The van der Waals surface area contributed by atoms with E-state index in [4.69, 9.17) is 10.2 Å². The van der Waals surface area contributed by atoms with Gasteiger partial charge in [-0.15, -0.1) is 0 Å². The van der Waals surface area contributed by atoms with Crippen LogP contribution in [-0.4, -0.2) is 32.4 Å². The molecule has 0 spiro atoms. The standard InChI is InChI=1S/C9H11NO4/c1-5-2-3-6(4-10-5)7(11)8(12)9(13)14/h2-4,7-8,11-12H,1H3,(H,13,14). The number of aliphatic hydroxyl groups is 2. The van der Waals surface area contributed by atoms with Crippen LogP contribution >= 0.6 is 0 Å². The van der Waals surface area contributed by atoms with Crippen molar-refractivity contribution >= 4 is 5.97 Å². The molecule has 14 heavy (non-hydrogen) atoms. The summed E-state index contributed by atoms with van der Waals surface area (Å²) in [5.74, 6) is -1.46. The summed E-state index contributed by atoms with van der Waals surface area (Å²) < 4.78 is 0. The van der Waals surface area contributed by atoms with Gasteiger partial charge in [0.2, 0.25) is 0 Å². The van der Waals surface area contributed by atoms with Crippen molar-refractivity contribution in [1.29, 1.82) is 0 Å². The molecule has 5 heteroatoms. The number of aliphatic carboxylic acids is 1. The molecule has 1 rings (SSSR count). The van der Waals surface area contributed by atoms with Crippen LogP contribution in [0.2, 0.25) is 0 Å². The SMILES string of the molecule is Cc1ccc(C(O)C(O)C(=O)O)cn1. The molecule has 0 radical (unpaired) electrons. The number of hydrogen-bond acceptors (Lipinski definition) is 4. The third kappa shape index (κ3) is 2.27. The molecule has 0 amide bonds. The van der Waals surface area contributed by atoms with E-state index in [2.05, 4.69) is 4.98 Å². The molecular weight excluding hydrogens is 186 g/mol. The van der Waals surface area contributed by atoms with Gasteiger partial charge in [-0.2, -0.15) is 0 Å². The molecule has 2 atom stereocenters. The molecule has 0 saturated heterocycles. The first-order valence-electron chi connectivity index (χ1n) is 4.04. The van der Waals surface area contributed by atoms with Gasteiger partial charge in [0, 0.05) is 17.5 Å². The van der Waals surface area contributed by atoms with Gasteiger partial charge in [-0.25, -0.2) is 4.79 Å². The third-order valence-corrected chi connectivity index (χ3v) is 1.83. The van der Waals surface area contributed by atoms with Gasteiger partial charge in [-0.3, -0.25) is 4.98 Å². The Morgan fingerprint density at radius 1 is 1.43 bits per heavy atom. The van der Waals surface area contributed by atoms with Gasteiger partial charge in [0.15, 0.2) is 6.10 Å². The number of carbonyl (C=O) groups is 1. The van der Waals surface area contributed by atoms with Crippen molar-refractivity contribution in [3.8, 4) is 0 Å². The lowest BCUT2D eigenvalue weighted by molar-refractivity contribution is -0.153. The summed E-state index contributed by atoms with van der Waals surface area (Å²) in [6.45, 7) is 1.77. The molecule has 1 aromatic heterocycles. The third-order valence-electron chi connectivity index (χ3n) is 1.83. The summed E-state index contributed by atoms with van der Waals surface area (Å²) in [5, 5.41) is 26.9. The molecule has 76 valence electrons. The van der Waals surface area contributed by atoms with Gasteiger partial charge in [0.25, 0.3) is 0 Å². The van der Waals surface area contributed by atoms with Crippen LogP contribution in [0.4, 0.5) is 0 Å². The van der Waals surface area contributed by atoms with Crippen LogP contribution in [0.15, 0.2) is 18.3 Å². The van der Waals surface area contributed by atoms with E-state index in [0.29, 0.717) is 0 Å². The highest BCUT2D eigenvalue weighted by Crippen LogP contribution is 2.15. The molecule has 0 aliphatic heterocycles. The Morgan fingerprint density at radius 3 is 2.50 bits per heavy atom. The highest BCUT2D eigenvalue weighted by molar-refractivity contribution is 5.73. The van der Waals surface area contributed by atoms with E-state index in [1.54, 1.807) is 13.0 Å². The zero-order chi connectivity index (χ0) is 10.7. The summed E-state index contributed by atoms with van der Waals surface area (Å²) in [7, 11) is 0. The Morgan fingerprint density at radius 2 is 2.07 bits per heavy atom. The number of carboxylic acid groups (broad SMARTS) is 1. The average molecular weight is 197 g/mol. The first-order valence-corrected chi connectivity index (χ1v) is 4.04. The minimum Gasteiger partial charge on any atom is -0.479 e. The van der Waals surface area contributed by atoms with Crippen LogP contribution in [0.1, 0.15) is 17.4 Å². The Hall–Kier alpha value is -1.46. The molecule has 3 N–H and O–H groups in total.